The molecular weight excluding hydrogens is 140 g/mol. The van der Waals surface area contributed by atoms with Gasteiger partial charge in [0.25, 0.3) is 0 Å². The van der Waals surface area contributed by atoms with E-state index in [1.807, 2.05) is 6.08 Å². The summed E-state index contributed by atoms with van der Waals surface area (Å²) in [5, 5.41) is 0. The lowest BCUT2D eigenvalue weighted by atomic mass is 10.0. The average molecular weight is 154 g/mol. The van der Waals surface area contributed by atoms with E-state index in [9.17, 15) is 4.79 Å². The third-order valence-electron chi connectivity index (χ3n) is 2.05. The number of ketones is 1. The quantitative estimate of drug-likeness (QED) is 0.580. The van der Waals surface area contributed by atoms with Crippen molar-refractivity contribution in [3.63, 3.8) is 0 Å². The number of ether oxygens (including phenoxy) is 1. The monoisotopic (exact) mass is 154 g/mol. The summed E-state index contributed by atoms with van der Waals surface area (Å²) in [7, 11) is 1.64. The van der Waals surface area contributed by atoms with Gasteiger partial charge in [-0.05, 0) is 24.8 Å². The lowest BCUT2D eigenvalue weighted by Gasteiger charge is -2.01. The summed E-state index contributed by atoms with van der Waals surface area (Å²) in [6.07, 6.45) is 7.28. The first-order chi connectivity index (χ1) is 5.33. The SMILES string of the molecule is CO/C=C/CC1CCC(=O)C1. The zero-order valence-electron chi connectivity index (χ0n) is 6.88. The summed E-state index contributed by atoms with van der Waals surface area (Å²) >= 11 is 0. The fourth-order valence-corrected chi connectivity index (χ4v) is 1.44. The van der Waals surface area contributed by atoms with E-state index in [4.69, 9.17) is 4.74 Å². The number of rotatable bonds is 3. The molecule has 1 aliphatic rings. The van der Waals surface area contributed by atoms with Gasteiger partial charge < -0.3 is 4.74 Å². The highest BCUT2D eigenvalue weighted by molar-refractivity contribution is 5.80. The van der Waals surface area contributed by atoms with E-state index in [2.05, 4.69) is 0 Å². The van der Waals surface area contributed by atoms with E-state index < -0.39 is 0 Å². The Morgan fingerprint density at radius 1 is 1.73 bits per heavy atom. The Morgan fingerprint density at radius 2 is 2.55 bits per heavy atom. The molecule has 0 radical (unpaired) electrons. The van der Waals surface area contributed by atoms with Crippen molar-refractivity contribution >= 4 is 5.78 Å². The largest absolute Gasteiger partial charge is 0.505 e. The minimum atomic E-state index is 0.417. The zero-order valence-corrected chi connectivity index (χ0v) is 6.88. The van der Waals surface area contributed by atoms with Crippen molar-refractivity contribution in [3.05, 3.63) is 12.3 Å². The van der Waals surface area contributed by atoms with Gasteiger partial charge in [-0.2, -0.15) is 0 Å². The number of Topliss-reactive ketones (excluding diaryl/α,β-unsaturated/α-hetero) is 1. The van der Waals surface area contributed by atoms with Crippen molar-refractivity contribution in [1.82, 2.24) is 0 Å². The Hall–Kier alpha value is -0.790. The van der Waals surface area contributed by atoms with Gasteiger partial charge in [0.2, 0.25) is 0 Å². The predicted octanol–water partition coefficient (Wildman–Crippen LogP) is 1.91. The Balaban J connectivity index is 2.18. The summed E-state index contributed by atoms with van der Waals surface area (Å²) in [5.74, 6) is 0.995. The van der Waals surface area contributed by atoms with Crippen LogP contribution in [0.15, 0.2) is 12.3 Å². The first-order valence-electron chi connectivity index (χ1n) is 4.02. The second-order valence-corrected chi connectivity index (χ2v) is 2.99. The maximum atomic E-state index is 10.8. The van der Waals surface area contributed by atoms with Gasteiger partial charge in [0.15, 0.2) is 0 Å². The van der Waals surface area contributed by atoms with Crippen molar-refractivity contribution in [2.75, 3.05) is 7.11 Å². The molecule has 11 heavy (non-hydrogen) atoms. The Labute approximate surface area is 67.2 Å². The maximum absolute atomic E-state index is 10.8. The molecule has 1 unspecified atom stereocenters. The summed E-state index contributed by atoms with van der Waals surface area (Å²) in [4.78, 5) is 10.8. The number of methoxy groups -OCH3 is 1. The molecule has 1 atom stereocenters. The van der Waals surface area contributed by atoms with Crippen LogP contribution in [0.3, 0.4) is 0 Å². The first kappa shape index (κ1) is 8.31. The summed E-state index contributed by atoms with van der Waals surface area (Å²) in [6.45, 7) is 0. The molecule has 0 amide bonds. The van der Waals surface area contributed by atoms with Gasteiger partial charge in [-0.25, -0.2) is 0 Å². The lowest BCUT2D eigenvalue weighted by molar-refractivity contribution is -0.117. The van der Waals surface area contributed by atoms with Crippen LogP contribution in [-0.2, 0) is 9.53 Å². The van der Waals surface area contributed by atoms with Crippen LogP contribution < -0.4 is 0 Å². The molecule has 2 heteroatoms. The fourth-order valence-electron chi connectivity index (χ4n) is 1.44. The number of hydrogen-bond acceptors (Lipinski definition) is 2. The van der Waals surface area contributed by atoms with Crippen LogP contribution in [0.1, 0.15) is 25.7 Å². The van der Waals surface area contributed by atoms with Crippen LogP contribution in [0.4, 0.5) is 0 Å². The minimum absolute atomic E-state index is 0.417. The molecule has 2 nitrogen and oxygen atoms in total. The number of carbonyl (C=O) groups excluding carboxylic acids is 1. The number of carbonyl (C=O) groups is 1. The highest BCUT2D eigenvalue weighted by atomic mass is 16.5. The van der Waals surface area contributed by atoms with Crippen molar-refractivity contribution in [2.24, 2.45) is 5.92 Å². The molecule has 0 saturated heterocycles. The van der Waals surface area contributed by atoms with Crippen LogP contribution in [0, 0.1) is 5.92 Å². The van der Waals surface area contributed by atoms with Crippen molar-refractivity contribution < 1.29 is 9.53 Å². The molecule has 1 aliphatic carbocycles. The van der Waals surface area contributed by atoms with Gasteiger partial charge in [0, 0.05) is 12.8 Å². The van der Waals surface area contributed by atoms with Gasteiger partial charge in [-0.1, -0.05) is 0 Å². The molecule has 0 aromatic carbocycles. The first-order valence-corrected chi connectivity index (χ1v) is 4.02. The molecule has 0 spiro atoms. The Morgan fingerprint density at radius 3 is 3.09 bits per heavy atom. The van der Waals surface area contributed by atoms with E-state index in [1.165, 1.54) is 0 Å². The highest BCUT2D eigenvalue weighted by Crippen LogP contribution is 2.24. The molecule has 0 aliphatic heterocycles. The summed E-state index contributed by atoms with van der Waals surface area (Å²) < 4.78 is 4.76. The van der Waals surface area contributed by atoms with Crippen molar-refractivity contribution in [1.29, 1.82) is 0 Å². The number of hydrogen-bond donors (Lipinski definition) is 0. The van der Waals surface area contributed by atoms with E-state index >= 15 is 0 Å². The van der Waals surface area contributed by atoms with Crippen LogP contribution >= 0.6 is 0 Å². The van der Waals surface area contributed by atoms with Crippen molar-refractivity contribution in [3.8, 4) is 0 Å². The fraction of sp³-hybridized carbons (Fsp3) is 0.667. The normalized spacial score (nSPS) is 24.8. The van der Waals surface area contributed by atoms with E-state index in [-0.39, 0.29) is 0 Å². The van der Waals surface area contributed by atoms with Gasteiger partial charge in [0.05, 0.1) is 13.4 Å². The molecule has 62 valence electrons. The number of allylic oxidation sites excluding steroid dienone is 1. The van der Waals surface area contributed by atoms with E-state index in [0.717, 1.165) is 25.7 Å². The second kappa shape index (κ2) is 4.16. The molecule has 1 fully saturated rings. The van der Waals surface area contributed by atoms with Crippen LogP contribution in [0.25, 0.3) is 0 Å². The third-order valence-corrected chi connectivity index (χ3v) is 2.05. The van der Waals surface area contributed by atoms with Crippen LogP contribution in [-0.4, -0.2) is 12.9 Å². The maximum Gasteiger partial charge on any atom is 0.133 e. The molecule has 0 N–H and O–H groups in total. The lowest BCUT2D eigenvalue weighted by Crippen LogP contribution is -1.92. The van der Waals surface area contributed by atoms with Gasteiger partial charge in [0.1, 0.15) is 5.78 Å². The standard InChI is InChI=1S/C9H14O2/c1-11-6-2-3-8-4-5-9(10)7-8/h2,6,8H,3-5,7H2,1H3/b6-2+. The summed E-state index contributed by atoms with van der Waals surface area (Å²) in [5.41, 5.74) is 0. The van der Waals surface area contributed by atoms with E-state index in [1.54, 1.807) is 13.4 Å². The molecule has 1 rings (SSSR count). The van der Waals surface area contributed by atoms with Crippen LogP contribution in [0.5, 0.6) is 0 Å². The topological polar surface area (TPSA) is 26.3 Å². The summed E-state index contributed by atoms with van der Waals surface area (Å²) in [6, 6.07) is 0. The smallest absolute Gasteiger partial charge is 0.133 e. The Bertz CT molecular complexity index is 161. The molecular formula is C9H14O2. The molecule has 0 bridgehead atoms. The predicted molar refractivity (Wildman–Crippen MR) is 43.1 cm³/mol. The molecule has 0 aromatic heterocycles. The molecule has 0 heterocycles. The zero-order chi connectivity index (χ0) is 8.10. The van der Waals surface area contributed by atoms with Gasteiger partial charge in [-0.15, -0.1) is 0 Å². The average Bonchev–Trinajstić information content (AvgIpc) is 2.37. The molecule has 0 aromatic rings. The van der Waals surface area contributed by atoms with Gasteiger partial charge >= 0.3 is 0 Å². The van der Waals surface area contributed by atoms with Gasteiger partial charge in [-0.3, -0.25) is 4.79 Å². The minimum Gasteiger partial charge on any atom is -0.505 e. The second-order valence-electron chi connectivity index (χ2n) is 2.99. The third kappa shape index (κ3) is 2.74. The highest BCUT2D eigenvalue weighted by Gasteiger charge is 2.20. The van der Waals surface area contributed by atoms with Crippen molar-refractivity contribution in [2.45, 2.75) is 25.7 Å². The van der Waals surface area contributed by atoms with Crippen LogP contribution in [0.2, 0.25) is 0 Å². The van der Waals surface area contributed by atoms with E-state index in [0.29, 0.717) is 11.7 Å². The Kier molecular flexibility index (Phi) is 3.14. The molecule has 1 saturated carbocycles.